The molecule has 398 valence electrons. The molecule has 4 nitrogen and oxygen atoms in total. The summed E-state index contributed by atoms with van der Waals surface area (Å²) in [6.45, 7) is 26.5. The Hall–Kier alpha value is -9.56. The second-order valence-electron chi connectivity index (χ2n) is 23.5. The molecular formula is C78H66N4. The van der Waals surface area contributed by atoms with Gasteiger partial charge in [-0.05, 0) is 221 Å². The average Bonchev–Trinajstić information content (AvgIpc) is 2.77. The Morgan fingerprint density at radius 3 is 0.902 bits per heavy atom. The molecule has 0 atom stereocenters. The van der Waals surface area contributed by atoms with E-state index < -0.39 is 0 Å². The van der Waals surface area contributed by atoms with Crippen molar-refractivity contribution in [1.29, 1.82) is 5.26 Å². The Labute approximate surface area is 482 Å². The third kappa shape index (κ3) is 8.63. The number of pyridine rings is 1. The molecule has 10 aromatic carbocycles. The monoisotopic (exact) mass is 1060 g/mol. The van der Waals surface area contributed by atoms with Gasteiger partial charge in [-0.3, -0.25) is 0 Å². The first-order chi connectivity index (χ1) is 39.5. The molecule has 0 aliphatic rings. The molecule has 13 aromatic rings. The lowest BCUT2D eigenvalue weighted by molar-refractivity contribution is 1.12. The Morgan fingerprint density at radius 1 is 0.293 bits per heavy atom. The van der Waals surface area contributed by atoms with E-state index in [0.717, 1.165) is 99.8 Å². The number of nitriles is 1. The van der Waals surface area contributed by atoms with Crippen molar-refractivity contribution in [3.8, 4) is 84.5 Å². The fourth-order valence-electron chi connectivity index (χ4n) is 14.4. The Balaban J connectivity index is 1.23. The summed E-state index contributed by atoms with van der Waals surface area (Å²) in [5, 5.41) is 16.1. The first kappa shape index (κ1) is 51.9. The van der Waals surface area contributed by atoms with Crippen molar-refractivity contribution in [3.05, 3.63) is 254 Å². The molecule has 4 heteroatoms. The first-order valence-electron chi connectivity index (χ1n) is 28.6. The normalized spacial score (nSPS) is 11.6. The van der Waals surface area contributed by atoms with E-state index in [-0.39, 0.29) is 0 Å². The molecule has 0 amide bonds. The average molecular weight is 1060 g/mol. The molecule has 3 heterocycles. The lowest BCUT2D eigenvalue weighted by atomic mass is 9.92. The van der Waals surface area contributed by atoms with Crippen LogP contribution >= 0.6 is 0 Å². The van der Waals surface area contributed by atoms with Gasteiger partial charge < -0.3 is 9.13 Å². The van der Waals surface area contributed by atoms with E-state index >= 15 is 0 Å². The molecule has 0 saturated carbocycles. The topological polar surface area (TPSA) is 46.5 Å². The standard InChI is InChI=1S/C78H66N4/c1-44-29-48(5)74(49(6)30-44)58-21-25-62-63-26-22-59(75-50(7)31-45(2)32-51(75)8)40-69(63)81(68(62)39-58)72-37-56(43-79)38-73(78(72)67-20-16-19-66(80-67)57-17-14-13-15-18-57)82-70-41-60(76-52(9)33-46(3)34-53(76)10)23-27-64(70)65-28-24-61(42-71(65)82)77-54(11)35-47(4)36-55(77)12/h13-42H,1-12H3. The number of hydrogen-bond acceptors (Lipinski definition) is 2. The van der Waals surface area contributed by atoms with Gasteiger partial charge in [-0.2, -0.15) is 5.26 Å². The maximum Gasteiger partial charge on any atom is 0.0993 e. The van der Waals surface area contributed by atoms with Crippen LogP contribution in [0.5, 0.6) is 0 Å². The zero-order valence-corrected chi connectivity index (χ0v) is 49.1. The van der Waals surface area contributed by atoms with E-state index in [4.69, 9.17) is 4.98 Å². The number of aryl methyl sites for hydroxylation is 12. The quantitative estimate of drug-likeness (QED) is 0.152. The Morgan fingerprint density at radius 2 is 0.598 bits per heavy atom. The predicted octanol–water partition coefficient (Wildman–Crippen LogP) is 20.9. The summed E-state index contributed by atoms with van der Waals surface area (Å²) in [6.07, 6.45) is 0. The number of aromatic nitrogens is 3. The van der Waals surface area contributed by atoms with Crippen LogP contribution in [-0.2, 0) is 0 Å². The van der Waals surface area contributed by atoms with Gasteiger partial charge in [-0.15, -0.1) is 0 Å². The molecule has 0 unspecified atom stereocenters. The van der Waals surface area contributed by atoms with Gasteiger partial charge in [-0.1, -0.05) is 156 Å². The van der Waals surface area contributed by atoms with E-state index in [1.165, 1.54) is 89.0 Å². The highest BCUT2D eigenvalue weighted by molar-refractivity contribution is 6.14. The molecule has 0 fully saturated rings. The Bertz CT molecular complexity index is 4300. The zero-order valence-electron chi connectivity index (χ0n) is 49.1. The fourth-order valence-corrected chi connectivity index (χ4v) is 14.4. The zero-order chi connectivity index (χ0) is 57.0. The van der Waals surface area contributed by atoms with Gasteiger partial charge in [0.2, 0.25) is 0 Å². The summed E-state index contributed by atoms with van der Waals surface area (Å²) in [5.41, 5.74) is 34.5. The van der Waals surface area contributed by atoms with Crippen molar-refractivity contribution in [2.75, 3.05) is 0 Å². The van der Waals surface area contributed by atoms with E-state index in [1.807, 2.05) is 0 Å². The molecule has 3 aromatic heterocycles. The highest BCUT2D eigenvalue weighted by Gasteiger charge is 2.27. The van der Waals surface area contributed by atoms with E-state index in [1.54, 1.807) is 0 Å². The number of nitrogens with zero attached hydrogens (tertiary/aromatic N) is 4. The number of hydrogen-bond donors (Lipinski definition) is 0. The predicted molar refractivity (Wildman–Crippen MR) is 347 cm³/mol. The molecule has 0 bridgehead atoms. The summed E-state index contributed by atoms with van der Waals surface area (Å²) in [7, 11) is 0. The molecule has 0 saturated heterocycles. The molecule has 0 aliphatic carbocycles. The number of benzene rings is 10. The molecular weight excluding hydrogens is 993 g/mol. The maximum absolute atomic E-state index is 11.6. The molecule has 0 N–H and O–H groups in total. The Kier molecular flexibility index (Phi) is 12.6. The van der Waals surface area contributed by atoms with Gasteiger partial charge in [-0.25, -0.2) is 4.98 Å². The number of fused-ring (bicyclic) bond motifs is 6. The molecule has 0 radical (unpaired) electrons. The minimum atomic E-state index is 0.545. The van der Waals surface area contributed by atoms with Crippen LogP contribution in [0, 0.1) is 94.4 Å². The van der Waals surface area contributed by atoms with Gasteiger partial charge in [0.1, 0.15) is 0 Å². The van der Waals surface area contributed by atoms with Crippen LogP contribution in [0.3, 0.4) is 0 Å². The van der Waals surface area contributed by atoms with E-state index in [2.05, 4.69) is 280 Å². The lowest BCUT2D eigenvalue weighted by Gasteiger charge is -2.22. The highest BCUT2D eigenvalue weighted by atomic mass is 15.0. The summed E-state index contributed by atoms with van der Waals surface area (Å²) in [4.78, 5) is 5.71. The van der Waals surface area contributed by atoms with Crippen molar-refractivity contribution >= 4 is 43.6 Å². The van der Waals surface area contributed by atoms with Gasteiger partial charge in [0, 0.05) is 32.7 Å². The van der Waals surface area contributed by atoms with Gasteiger partial charge in [0.25, 0.3) is 0 Å². The van der Waals surface area contributed by atoms with Gasteiger partial charge in [0.15, 0.2) is 0 Å². The smallest absolute Gasteiger partial charge is 0.0993 e. The minimum Gasteiger partial charge on any atom is -0.308 e. The van der Waals surface area contributed by atoms with Crippen LogP contribution < -0.4 is 0 Å². The summed E-state index contributed by atoms with van der Waals surface area (Å²) >= 11 is 0. The van der Waals surface area contributed by atoms with E-state index in [9.17, 15) is 5.26 Å². The van der Waals surface area contributed by atoms with E-state index in [0.29, 0.717) is 5.56 Å². The third-order valence-corrected chi connectivity index (χ3v) is 17.2. The molecule has 0 aliphatic heterocycles. The van der Waals surface area contributed by atoms with Crippen molar-refractivity contribution in [1.82, 2.24) is 14.1 Å². The lowest BCUT2D eigenvalue weighted by Crippen LogP contribution is -2.06. The van der Waals surface area contributed by atoms with Crippen molar-refractivity contribution in [2.24, 2.45) is 0 Å². The van der Waals surface area contributed by atoms with Crippen molar-refractivity contribution < 1.29 is 0 Å². The van der Waals surface area contributed by atoms with Crippen LogP contribution in [0.15, 0.2) is 182 Å². The van der Waals surface area contributed by atoms with Crippen LogP contribution in [0.25, 0.3) is 122 Å². The van der Waals surface area contributed by atoms with Crippen molar-refractivity contribution in [2.45, 2.75) is 83.1 Å². The van der Waals surface area contributed by atoms with Crippen LogP contribution in [-0.4, -0.2) is 14.1 Å². The van der Waals surface area contributed by atoms with Gasteiger partial charge >= 0.3 is 0 Å². The summed E-state index contributed by atoms with van der Waals surface area (Å²) in [6, 6.07) is 70.1. The summed E-state index contributed by atoms with van der Waals surface area (Å²) < 4.78 is 4.91. The second-order valence-corrected chi connectivity index (χ2v) is 23.5. The SMILES string of the molecule is Cc1cc(C)c(-c2ccc3c4ccc(-c5c(C)cc(C)cc5C)cc4n(-c4cc(C#N)cc(-n5c6cc(-c7c(C)cc(C)cc7C)ccc6c6ccc(-c7c(C)cc(C)cc7C)cc65)c4-c4cccc(-c5ccccc5)n4)c3c2)c(C)c1. The highest BCUT2D eigenvalue weighted by Crippen LogP contribution is 2.47. The maximum atomic E-state index is 11.6. The number of rotatable bonds is 8. The van der Waals surface area contributed by atoms with Crippen molar-refractivity contribution in [3.63, 3.8) is 0 Å². The van der Waals surface area contributed by atoms with Crippen LogP contribution in [0.1, 0.15) is 72.3 Å². The van der Waals surface area contributed by atoms with Gasteiger partial charge in [0.05, 0.1) is 56.5 Å². The summed E-state index contributed by atoms with van der Waals surface area (Å²) in [5.74, 6) is 0. The molecule has 82 heavy (non-hydrogen) atoms. The van der Waals surface area contributed by atoms with Crippen LogP contribution in [0.2, 0.25) is 0 Å². The third-order valence-electron chi connectivity index (χ3n) is 17.2. The van der Waals surface area contributed by atoms with Crippen LogP contribution in [0.4, 0.5) is 0 Å². The molecule has 0 spiro atoms. The largest absolute Gasteiger partial charge is 0.308 e. The fraction of sp³-hybridized carbons (Fsp3) is 0.154. The molecule has 13 rings (SSSR count). The first-order valence-corrected chi connectivity index (χ1v) is 28.6. The minimum absolute atomic E-state index is 0.545. The second kappa shape index (κ2) is 19.9.